The summed E-state index contributed by atoms with van der Waals surface area (Å²) in [5.74, 6) is 3.30. The smallest absolute Gasteiger partial charge is 0.163 e. The lowest BCUT2D eigenvalue weighted by molar-refractivity contribution is 0.171. The van der Waals surface area contributed by atoms with Crippen molar-refractivity contribution in [1.29, 1.82) is 0 Å². The summed E-state index contributed by atoms with van der Waals surface area (Å²) >= 11 is 0. The molecule has 0 spiro atoms. The molecule has 0 atom stereocenters. The fourth-order valence-corrected chi connectivity index (χ4v) is 1.94. The van der Waals surface area contributed by atoms with Gasteiger partial charge in [-0.25, -0.2) is 15.0 Å². The van der Waals surface area contributed by atoms with Crippen LogP contribution in [0.1, 0.15) is 11.6 Å². The van der Waals surface area contributed by atoms with Crippen molar-refractivity contribution in [3.05, 3.63) is 29.8 Å². The number of nitrogens with zero attached hydrogens (tertiary/aromatic N) is 3. The summed E-state index contributed by atoms with van der Waals surface area (Å²) < 4.78 is 11.0. The molecule has 98 valence electrons. The van der Waals surface area contributed by atoms with Crippen molar-refractivity contribution in [2.75, 3.05) is 13.2 Å². The Labute approximate surface area is 110 Å². The van der Waals surface area contributed by atoms with Crippen LogP contribution in [0.3, 0.4) is 0 Å². The van der Waals surface area contributed by atoms with Gasteiger partial charge in [0, 0.05) is 5.56 Å². The number of hydrogen-bond acceptors (Lipinski definition) is 6. The van der Waals surface area contributed by atoms with Gasteiger partial charge in [0.2, 0.25) is 0 Å². The molecule has 2 N–H and O–H groups in total. The average Bonchev–Trinajstić information content (AvgIpc) is 2.46. The van der Waals surface area contributed by atoms with E-state index in [-0.39, 0.29) is 0 Å². The van der Waals surface area contributed by atoms with Crippen LogP contribution in [0.15, 0.2) is 18.2 Å². The Morgan fingerprint density at radius 1 is 1.11 bits per heavy atom. The monoisotopic (exact) mass is 258 g/mol. The number of nitrogens with two attached hydrogens (primary N) is 1. The third-order valence-electron chi connectivity index (χ3n) is 2.78. The maximum absolute atomic E-state index is 5.58. The van der Waals surface area contributed by atoms with Crippen molar-refractivity contribution in [2.24, 2.45) is 5.73 Å². The van der Waals surface area contributed by atoms with Crippen LogP contribution in [0.2, 0.25) is 0 Å². The first-order chi connectivity index (χ1) is 9.26. The van der Waals surface area contributed by atoms with E-state index in [4.69, 9.17) is 15.2 Å². The topological polar surface area (TPSA) is 83.2 Å². The molecule has 1 aliphatic heterocycles. The van der Waals surface area contributed by atoms with Crippen molar-refractivity contribution in [2.45, 2.75) is 13.5 Å². The Bertz CT molecular complexity index is 616. The zero-order valence-electron chi connectivity index (χ0n) is 10.6. The predicted molar refractivity (Wildman–Crippen MR) is 68.9 cm³/mol. The highest BCUT2D eigenvalue weighted by Crippen LogP contribution is 2.33. The third kappa shape index (κ3) is 2.34. The molecule has 0 bridgehead atoms. The molecule has 2 aromatic rings. The molecule has 0 fully saturated rings. The fraction of sp³-hybridized carbons (Fsp3) is 0.308. The average molecular weight is 258 g/mol. The van der Waals surface area contributed by atoms with E-state index in [0.29, 0.717) is 37.2 Å². The number of hydrogen-bond donors (Lipinski definition) is 1. The summed E-state index contributed by atoms with van der Waals surface area (Å²) in [6.07, 6.45) is 0. The van der Waals surface area contributed by atoms with Crippen LogP contribution in [0.25, 0.3) is 11.4 Å². The molecule has 6 heteroatoms. The Morgan fingerprint density at radius 2 is 1.89 bits per heavy atom. The molecule has 0 unspecified atom stereocenters. The number of rotatable bonds is 2. The first-order valence-electron chi connectivity index (χ1n) is 6.08. The molecule has 19 heavy (non-hydrogen) atoms. The SMILES string of the molecule is Cc1nc(CN)nc(-c2ccc3c(c2)OCCO3)n1. The van der Waals surface area contributed by atoms with E-state index in [2.05, 4.69) is 15.0 Å². The molecule has 6 nitrogen and oxygen atoms in total. The molecule has 1 aliphatic rings. The van der Waals surface area contributed by atoms with E-state index in [1.54, 1.807) is 0 Å². The van der Waals surface area contributed by atoms with Crippen molar-refractivity contribution in [1.82, 2.24) is 15.0 Å². The van der Waals surface area contributed by atoms with Crippen LogP contribution in [0.4, 0.5) is 0 Å². The molecule has 2 heterocycles. The normalized spacial score (nSPS) is 13.4. The van der Waals surface area contributed by atoms with Crippen molar-refractivity contribution in [3.63, 3.8) is 0 Å². The van der Waals surface area contributed by atoms with E-state index >= 15 is 0 Å². The van der Waals surface area contributed by atoms with Crippen LogP contribution >= 0.6 is 0 Å². The van der Waals surface area contributed by atoms with Gasteiger partial charge in [-0.2, -0.15) is 0 Å². The van der Waals surface area contributed by atoms with E-state index in [9.17, 15) is 0 Å². The van der Waals surface area contributed by atoms with Crippen LogP contribution in [-0.2, 0) is 6.54 Å². The minimum absolute atomic E-state index is 0.293. The maximum Gasteiger partial charge on any atom is 0.163 e. The van der Waals surface area contributed by atoms with Gasteiger partial charge < -0.3 is 15.2 Å². The number of fused-ring (bicyclic) bond motifs is 1. The Kier molecular flexibility index (Phi) is 3.00. The van der Waals surface area contributed by atoms with Crippen LogP contribution in [0, 0.1) is 6.92 Å². The third-order valence-corrected chi connectivity index (χ3v) is 2.78. The summed E-state index contributed by atoms with van der Waals surface area (Å²) in [6, 6.07) is 5.65. The molecule has 0 radical (unpaired) electrons. The second-order valence-corrected chi connectivity index (χ2v) is 4.19. The first kappa shape index (κ1) is 11.9. The highest BCUT2D eigenvalue weighted by atomic mass is 16.6. The summed E-state index contributed by atoms with van der Waals surface area (Å²) in [4.78, 5) is 12.8. The first-order valence-corrected chi connectivity index (χ1v) is 6.08. The molecule has 0 amide bonds. The zero-order chi connectivity index (χ0) is 13.2. The van der Waals surface area contributed by atoms with Crippen LogP contribution < -0.4 is 15.2 Å². The van der Waals surface area contributed by atoms with Crippen molar-refractivity contribution < 1.29 is 9.47 Å². The highest BCUT2D eigenvalue weighted by Gasteiger charge is 2.14. The number of ether oxygens (including phenoxy) is 2. The summed E-state index contributed by atoms with van der Waals surface area (Å²) in [5, 5.41) is 0. The van der Waals surface area contributed by atoms with Gasteiger partial charge in [0.1, 0.15) is 24.9 Å². The lowest BCUT2D eigenvalue weighted by Gasteiger charge is -2.18. The van der Waals surface area contributed by atoms with Gasteiger partial charge in [0.15, 0.2) is 17.3 Å². The standard InChI is InChI=1S/C13H14N4O2/c1-8-15-12(7-14)17-13(16-8)9-2-3-10-11(6-9)19-5-4-18-10/h2-3,6H,4-5,7,14H2,1H3. The largest absolute Gasteiger partial charge is 0.486 e. The maximum atomic E-state index is 5.58. The lowest BCUT2D eigenvalue weighted by Crippen LogP contribution is -2.15. The molecular formula is C13H14N4O2. The second kappa shape index (κ2) is 4.81. The van der Waals surface area contributed by atoms with E-state index in [1.807, 2.05) is 25.1 Å². The van der Waals surface area contributed by atoms with E-state index in [1.165, 1.54) is 0 Å². The molecule has 0 aliphatic carbocycles. The minimum atomic E-state index is 0.293. The van der Waals surface area contributed by atoms with Crippen LogP contribution in [0.5, 0.6) is 11.5 Å². The Morgan fingerprint density at radius 3 is 2.68 bits per heavy atom. The van der Waals surface area contributed by atoms with Gasteiger partial charge in [-0.05, 0) is 25.1 Å². The van der Waals surface area contributed by atoms with Gasteiger partial charge in [-0.15, -0.1) is 0 Å². The summed E-state index contributed by atoms with van der Waals surface area (Å²) in [5.41, 5.74) is 6.44. The van der Waals surface area contributed by atoms with Gasteiger partial charge in [-0.3, -0.25) is 0 Å². The highest BCUT2D eigenvalue weighted by molar-refractivity contribution is 5.61. The van der Waals surface area contributed by atoms with Gasteiger partial charge >= 0.3 is 0 Å². The predicted octanol–water partition coefficient (Wildman–Crippen LogP) is 1.08. The molecule has 1 aromatic heterocycles. The molecule has 3 rings (SSSR count). The Balaban J connectivity index is 2.04. The summed E-state index contributed by atoms with van der Waals surface area (Å²) in [6.45, 7) is 3.25. The van der Waals surface area contributed by atoms with Crippen LogP contribution in [-0.4, -0.2) is 28.2 Å². The van der Waals surface area contributed by atoms with E-state index < -0.39 is 0 Å². The number of benzene rings is 1. The summed E-state index contributed by atoms with van der Waals surface area (Å²) in [7, 11) is 0. The quantitative estimate of drug-likeness (QED) is 0.867. The second-order valence-electron chi connectivity index (χ2n) is 4.19. The fourth-order valence-electron chi connectivity index (χ4n) is 1.94. The Hall–Kier alpha value is -2.21. The van der Waals surface area contributed by atoms with Gasteiger partial charge in [-0.1, -0.05) is 0 Å². The van der Waals surface area contributed by atoms with Crippen molar-refractivity contribution in [3.8, 4) is 22.9 Å². The molecular weight excluding hydrogens is 244 g/mol. The molecule has 0 saturated carbocycles. The minimum Gasteiger partial charge on any atom is -0.486 e. The number of aryl methyl sites for hydroxylation is 1. The van der Waals surface area contributed by atoms with Gasteiger partial charge in [0.25, 0.3) is 0 Å². The van der Waals surface area contributed by atoms with Gasteiger partial charge in [0.05, 0.1) is 6.54 Å². The van der Waals surface area contributed by atoms with E-state index in [0.717, 1.165) is 17.1 Å². The molecule has 0 saturated heterocycles. The zero-order valence-corrected chi connectivity index (χ0v) is 10.6. The van der Waals surface area contributed by atoms with Crippen molar-refractivity contribution >= 4 is 0 Å². The molecule has 1 aromatic carbocycles. The lowest BCUT2D eigenvalue weighted by atomic mass is 10.2. The number of aromatic nitrogens is 3.